The summed E-state index contributed by atoms with van der Waals surface area (Å²) in [6.45, 7) is 4.09. The highest BCUT2D eigenvalue weighted by atomic mass is 79.9. The maximum Gasteiger partial charge on any atom is 0.0883 e. The Morgan fingerprint density at radius 3 is 2.33 bits per heavy atom. The van der Waals surface area contributed by atoms with E-state index in [-0.39, 0.29) is 0 Å². The molecule has 0 unspecified atom stereocenters. The van der Waals surface area contributed by atoms with Crippen molar-refractivity contribution in [2.24, 2.45) is 0 Å². The molecule has 1 aliphatic rings. The summed E-state index contributed by atoms with van der Waals surface area (Å²) in [5.74, 6) is 0. The highest BCUT2D eigenvalue weighted by Gasteiger charge is 2.25. The number of rotatable bonds is 2. The van der Waals surface area contributed by atoms with Gasteiger partial charge in [0.2, 0.25) is 0 Å². The SMILES string of the molecule is C[N+]1(CCBr)CCCC1. The number of halogens is 1. The minimum Gasteiger partial charge on any atom is -0.325 e. The molecular formula is C7H15BrN+. The topological polar surface area (TPSA) is 0 Å². The molecule has 0 spiro atoms. The Balaban J connectivity index is 2.32. The monoisotopic (exact) mass is 192 g/mol. The fraction of sp³-hybridized carbons (Fsp3) is 1.00. The molecule has 0 radical (unpaired) electrons. The summed E-state index contributed by atoms with van der Waals surface area (Å²) in [7, 11) is 2.36. The predicted molar refractivity (Wildman–Crippen MR) is 43.8 cm³/mol. The zero-order valence-electron chi connectivity index (χ0n) is 6.07. The summed E-state index contributed by atoms with van der Waals surface area (Å²) in [6, 6.07) is 0. The van der Waals surface area contributed by atoms with Gasteiger partial charge in [-0.05, 0) is 0 Å². The van der Waals surface area contributed by atoms with Crippen molar-refractivity contribution in [3.8, 4) is 0 Å². The van der Waals surface area contributed by atoms with Crippen LogP contribution in [0.4, 0.5) is 0 Å². The van der Waals surface area contributed by atoms with Gasteiger partial charge < -0.3 is 4.48 Å². The molecule has 0 amide bonds. The summed E-state index contributed by atoms with van der Waals surface area (Å²) in [6.07, 6.45) is 2.87. The summed E-state index contributed by atoms with van der Waals surface area (Å²) in [4.78, 5) is 0. The van der Waals surface area contributed by atoms with Gasteiger partial charge in [-0.3, -0.25) is 0 Å². The molecule has 1 fully saturated rings. The van der Waals surface area contributed by atoms with Crippen LogP contribution in [-0.2, 0) is 0 Å². The van der Waals surface area contributed by atoms with Gasteiger partial charge in [0, 0.05) is 12.8 Å². The molecule has 1 saturated heterocycles. The molecule has 0 saturated carbocycles. The van der Waals surface area contributed by atoms with Crippen molar-refractivity contribution in [2.75, 3.05) is 32.0 Å². The Hall–Kier alpha value is 0.440. The first-order valence-electron chi connectivity index (χ1n) is 3.66. The Morgan fingerprint density at radius 2 is 1.89 bits per heavy atom. The van der Waals surface area contributed by atoms with Gasteiger partial charge >= 0.3 is 0 Å². The summed E-state index contributed by atoms with van der Waals surface area (Å²) >= 11 is 3.48. The van der Waals surface area contributed by atoms with E-state index in [0.29, 0.717) is 0 Å². The van der Waals surface area contributed by atoms with Crippen LogP contribution < -0.4 is 0 Å². The maximum absolute atomic E-state index is 3.48. The third-order valence-corrected chi connectivity index (χ3v) is 2.62. The van der Waals surface area contributed by atoms with Crippen molar-refractivity contribution in [3.05, 3.63) is 0 Å². The van der Waals surface area contributed by atoms with Crippen molar-refractivity contribution >= 4 is 15.9 Å². The molecule has 0 N–H and O–H groups in total. The van der Waals surface area contributed by atoms with Crippen molar-refractivity contribution in [2.45, 2.75) is 12.8 Å². The van der Waals surface area contributed by atoms with E-state index in [1.807, 2.05) is 0 Å². The van der Waals surface area contributed by atoms with Crippen molar-refractivity contribution in [1.82, 2.24) is 0 Å². The van der Waals surface area contributed by atoms with Gasteiger partial charge in [0.25, 0.3) is 0 Å². The van der Waals surface area contributed by atoms with Crippen LogP contribution >= 0.6 is 15.9 Å². The fourth-order valence-electron chi connectivity index (χ4n) is 1.53. The van der Waals surface area contributed by atoms with E-state index in [1.165, 1.54) is 37.0 Å². The lowest BCUT2D eigenvalue weighted by Gasteiger charge is -2.27. The average molecular weight is 193 g/mol. The number of quaternary nitrogens is 1. The van der Waals surface area contributed by atoms with E-state index in [2.05, 4.69) is 23.0 Å². The van der Waals surface area contributed by atoms with Crippen molar-refractivity contribution in [3.63, 3.8) is 0 Å². The smallest absolute Gasteiger partial charge is 0.0883 e. The van der Waals surface area contributed by atoms with E-state index in [4.69, 9.17) is 0 Å². The molecule has 0 aromatic heterocycles. The van der Waals surface area contributed by atoms with Crippen LogP contribution in [-0.4, -0.2) is 36.5 Å². The molecule has 54 valence electrons. The Morgan fingerprint density at radius 1 is 1.33 bits per heavy atom. The zero-order chi connectivity index (χ0) is 6.74. The Bertz CT molecular complexity index is 86.9. The molecule has 0 aromatic carbocycles. The molecule has 1 aliphatic heterocycles. The highest BCUT2D eigenvalue weighted by molar-refractivity contribution is 9.09. The number of alkyl halides is 1. The number of nitrogens with zero attached hydrogens (tertiary/aromatic N) is 1. The van der Waals surface area contributed by atoms with E-state index in [1.54, 1.807) is 0 Å². The summed E-state index contributed by atoms with van der Waals surface area (Å²) in [5.41, 5.74) is 0. The van der Waals surface area contributed by atoms with Gasteiger partial charge in [-0.15, -0.1) is 0 Å². The van der Waals surface area contributed by atoms with E-state index >= 15 is 0 Å². The van der Waals surface area contributed by atoms with Crippen LogP contribution in [0.3, 0.4) is 0 Å². The molecule has 0 bridgehead atoms. The third kappa shape index (κ3) is 1.94. The molecule has 9 heavy (non-hydrogen) atoms. The predicted octanol–water partition coefficient (Wildman–Crippen LogP) is 1.62. The van der Waals surface area contributed by atoms with Crippen molar-refractivity contribution < 1.29 is 4.48 Å². The zero-order valence-corrected chi connectivity index (χ0v) is 7.65. The first-order chi connectivity index (χ1) is 4.27. The molecule has 1 nitrogen and oxygen atoms in total. The molecule has 0 aliphatic carbocycles. The van der Waals surface area contributed by atoms with Gasteiger partial charge in [-0.2, -0.15) is 0 Å². The van der Waals surface area contributed by atoms with E-state index < -0.39 is 0 Å². The van der Waals surface area contributed by atoms with Gasteiger partial charge in [0.15, 0.2) is 0 Å². The Kier molecular flexibility index (Phi) is 2.53. The molecule has 1 rings (SSSR count). The Labute approximate surface area is 65.8 Å². The quantitative estimate of drug-likeness (QED) is 0.461. The van der Waals surface area contributed by atoms with Crippen LogP contribution in [0.25, 0.3) is 0 Å². The summed E-state index contributed by atoms with van der Waals surface area (Å²) < 4.78 is 1.30. The third-order valence-electron chi connectivity index (χ3n) is 2.27. The second-order valence-corrected chi connectivity index (χ2v) is 3.98. The second-order valence-electron chi connectivity index (χ2n) is 3.19. The highest BCUT2D eigenvalue weighted by Crippen LogP contribution is 2.15. The first-order valence-corrected chi connectivity index (χ1v) is 4.78. The van der Waals surface area contributed by atoms with E-state index in [9.17, 15) is 0 Å². The molecule has 1 heterocycles. The lowest BCUT2D eigenvalue weighted by Crippen LogP contribution is -2.42. The second kappa shape index (κ2) is 3.02. The molecule has 0 aromatic rings. The number of hydrogen-bond acceptors (Lipinski definition) is 0. The van der Waals surface area contributed by atoms with Crippen LogP contribution in [0.2, 0.25) is 0 Å². The van der Waals surface area contributed by atoms with Crippen LogP contribution in [0.5, 0.6) is 0 Å². The van der Waals surface area contributed by atoms with Crippen LogP contribution in [0, 0.1) is 0 Å². The van der Waals surface area contributed by atoms with Crippen molar-refractivity contribution in [1.29, 1.82) is 0 Å². The lowest BCUT2D eigenvalue weighted by atomic mass is 10.4. The average Bonchev–Trinajstić information content (AvgIpc) is 2.16. The molecular weight excluding hydrogens is 178 g/mol. The number of hydrogen-bond donors (Lipinski definition) is 0. The van der Waals surface area contributed by atoms with Crippen LogP contribution in [0.1, 0.15) is 12.8 Å². The summed E-state index contributed by atoms with van der Waals surface area (Å²) in [5, 5.41) is 1.16. The largest absolute Gasteiger partial charge is 0.325 e. The normalized spacial score (nSPS) is 24.7. The lowest BCUT2D eigenvalue weighted by molar-refractivity contribution is -0.895. The minimum absolute atomic E-state index is 1.16. The van der Waals surface area contributed by atoms with E-state index in [0.717, 1.165) is 5.33 Å². The standard InChI is InChI=1S/C7H15BrN/c1-9(7-4-8)5-2-3-6-9/h2-7H2,1H3/q+1. The molecule has 2 heteroatoms. The first kappa shape index (κ1) is 7.55. The fourth-order valence-corrected chi connectivity index (χ4v) is 2.38. The molecule has 0 atom stereocenters. The van der Waals surface area contributed by atoms with Gasteiger partial charge in [0.05, 0.1) is 32.0 Å². The van der Waals surface area contributed by atoms with Crippen LogP contribution in [0.15, 0.2) is 0 Å². The van der Waals surface area contributed by atoms with Gasteiger partial charge in [-0.25, -0.2) is 0 Å². The maximum atomic E-state index is 3.48. The minimum atomic E-state index is 1.16. The van der Waals surface area contributed by atoms with Gasteiger partial charge in [-0.1, -0.05) is 15.9 Å². The number of likely N-dealkylation sites (tertiary alicyclic amines) is 1. The van der Waals surface area contributed by atoms with Gasteiger partial charge in [0.1, 0.15) is 0 Å².